The normalized spacial score (nSPS) is 23.4. The highest BCUT2D eigenvalue weighted by Gasteiger charge is 2.51. The number of hydrogen-bond donors (Lipinski definition) is 0. The molecule has 4 aliphatic carbocycles. The van der Waals surface area contributed by atoms with Gasteiger partial charge in [-0.3, -0.25) is 0 Å². The Morgan fingerprint density at radius 2 is 0.756 bits per heavy atom. The third-order valence-electron chi connectivity index (χ3n) is 26.7. The fraction of sp³-hybridized carbons (Fsp3) is 0.282. The van der Waals surface area contributed by atoms with E-state index >= 15 is 0 Å². The summed E-state index contributed by atoms with van der Waals surface area (Å²) in [7, 11) is 6.72. The van der Waals surface area contributed by atoms with Crippen LogP contribution in [0.4, 0.5) is 0 Å². The number of rotatable bonds is 10. The van der Waals surface area contributed by atoms with Gasteiger partial charge in [-0.2, -0.15) is 0 Å². The lowest BCUT2D eigenvalue weighted by Crippen LogP contribution is -2.38. The van der Waals surface area contributed by atoms with Gasteiger partial charge in [0.25, 0.3) is 0 Å². The smallest absolute Gasteiger partial charge is 0.227 e. The number of nitrogens with zero attached hydrogens (tertiary/aromatic N) is 7. The van der Waals surface area contributed by atoms with Gasteiger partial charge in [-0.1, -0.05) is 240 Å². The average molecular weight is 1830 g/mol. The van der Waals surface area contributed by atoms with Gasteiger partial charge in [-0.15, -0.1) is 0 Å². The average Bonchev–Trinajstić information content (AvgIpc) is 1.45. The SMILES string of the molecule is [2H]C([2H])([2H])c1cc(-c2c(C)ccc3c2oc2c4c(ccc23)C(C([2H])([2H])[2H])(C([2H])([2H])[2H])c2ccccc2-4)[n+](C)cc1C([2H])([2H])[2H].[2H]C([2H])([2H])c1ccc(-c2c(C)ccc3c2oc2nc4c(cc23)-c2ccccc2C4(C([2H])(C([2H])([2H])[2H])C([2H])([2H])[2H])C([2H])(C([2H])([2H])[2H])C([2H])([2H])[2H])[n+](C)c1.[2H]C([2H])([2H])c1ccc(-c2c(C)ccc3c2oc2nc4c(cc23)-c2ccccc2C4(C([2H])([2H])C([2H])(C)C([2H])([2H])[2H])C([2H])([2H])C([2H])(C)C([2H])([2H])[2H])[n+](C)c1.[2H]C([2H])([2H])c1ccc(-c2c(C)ccc3c2oc2ncc4c(c23)C(C([2H])([2H])[2H])(C([2H])([2H])[2H])c2ccccc2-4)[n+](C)c1. The van der Waals surface area contributed by atoms with E-state index in [2.05, 4.69) is 9.97 Å². The summed E-state index contributed by atoms with van der Waals surface area (Å²) in [6.07, 6.45) is 0.403. The summed E-state index contributed by atoms with van der Waals surface area (Å²) in [4.78, 5) is 13.9. The Labute approximate surface area is 867 Å². The first-order valence-corrected chi connectivity index (χ1v) is 43.5. The second kappa shape index (κ2) is 32.2. The van der Waals surface area contributed by atoms with E-state index in [-0.39, 0.29) is 101 Å². The molecule has 11 aromatic heterocycles. The zero-order valence-electron chi connectivity index (χ0n) is 128. The van der Waals surface area contributed by atoms with Crippen molar-refractivity contribution in [3.63, 3.8) is 0 Å². The van der Waals surface area contributed by atoms with Crippen molar-refractivity contribution in [2.24, 2.45) is 51.8 Å². The summed E-state index contributed by atoms with van der Waals surface area (Å²) in [6, 6.07) is 56.3. The van der Waals surface area contributed by atoms with Crippen LogP contribution in [0, 0.1) is 85.5 Å². The van der Waals surface area contributed by atoms with Crippen LogP contribution in [0.25, 0.3) is 178 Å². The molecule has 11 heterocycles. The summed E-state index contributed by atoms with van der Waals surface area (Å²) in [6.45, 7) is -37.5. The van der Waals surface area contributed by atoms with Crippen LogP contribution in [0.15, 0.2) is 261 Å². The fourth-order valence-electron chi connectivity index (χ4n) is 20.7. The lowest BCUT2D eigenvalue weighted by molar-refractivity contribution is -0.660. The van der Waals surface area contributed by atoms with E-state index in [0.29, 0.717) is 138 Å². The van der Waals surface area contributed by atoms with Crippen LogP contribution in [0.1, 0.15) is 263 Å². The van der Waals surface area contributed by atoms with E-state index in [1.54, 1.807) is 187 Å². The molecule has 0 bridgehead atoms. The molecule has 11 nitrogen and oxygen atoms in total. The van der Waals surface area contributed by atoms with Crippen LogP contribution < -0.4 is 18.3 Å². The molecule has 2 atom stereocenters. The van der Waals surface area contributed by atoms with Crippen LogP contribution >= 0.6 is 0 Å². The zero-order valence-corrected chi connectivity index (χ0v) is 74.9. The Balaban J connectivity index is 0.000000140. The van der Waals surface area contributed by atoms with Crippen molar-refractivity contribution in [2.45, 2.75) is 179 Å². The molecule has 0 N–H and O–H groups in total. The predicted octanol–water partition coefficient (Wildman–Crippen LogP) is 29.8. The van der Waals surface area contributed by atoms with E-state index < -0.39 is 178 Å². The molecule has 0 saturated heterocycles. The molecule has 0 fully saturated rings. The Morgan fingerprint density at radius 3 is 1.26 bits per heavy atom. The maximum Gasteiger partial charge on any atom is 0.227 e. The van der Waals surface area contributed by atoms with Crippen LogP contribution in [0.5, 0.6) is 0 Å². The van der Waals surface area contributed by atoms with Crippen molar-refractivity contribution in [1.82, 2.24) is 15.0 Å². The Morgan fingerprint density at radius 1 is 0.341 bits per heavy atom. The van der Waals surface area contributed by atoms with E-state index in [1.165, 1.54) is 79.4 Å². The molecule has 4 aliphatic rings. The Kier molecular flexibility index (Phi) is 11.1. The number of pyridine rings is 7. The quantitative estimate of drug-likeness (QED) is 0.126. The summed E-state index contributed by atoms with van der Waals surface area (Å²) < 4.78 is 480. The number of furan rings is 4. The van der Waals surface area contributed by atoms with Crippen LogP contribution in [0.3, 0.4) is 0 Å². The fourth-order valence-corrected chi connectivity index (χ4v) is 20.7. The van der Waals surface area contributed by atoms with Crippen molar-refractivity contribution < 1.29 is 109 Å². The van der Waals surface area contributed by atoms with Gasteiger partial charge in [0.1, 0.15) is 39.4 Å². The van der Waals surface area contributed by atoms with Gasteiger partial charge in [-0.05, 0) is 212 Å². The summed E-state index contributed by atoms with van der Waals surface area (Å²) in [5, 5.41) is 3.91. The second-order valence-electron chi connectivity index (χ2n) is 35.3. The molecule has 0 radical (unpaired) electrons. The summed E-state index contributed by atoms with van der Waals surface area (Å²) >= 11 is 0. The molecule has 674 valence electrons. The van der Waals surface area contributed by atoms with Crippen LogP contribution in [-0.2, 0) is 49.9 Å². The largest absolute Gasteiger partial charge is 0.454 e. The van der Waals surface area contributed by atoms with Crippen molar-refractivity contribution in [3.8, 4) is 89.5 Å². The van der Waals surface area contributed by atoms with E-state index in [4.69, 9.17) is 87.1 Å². The van der Waals surface area contributed by atoms with Crippen molar-refractivity contribution in [2.75, 3.05) is 0 Å². The summed E-state index contributed by atoms with van der Waals surface area (Å²) in [5.41, 5.74) is -1.12. The first-order valence-electron chi connectivity index (χ1n) is 70.0. The number of benzene rings is 9. The van der Waals surface area contributed by atoms with Crippen molar-refractivity contribution in [3.05, 3.63) is 338 Å². The Bertz CT molecular complexity index is 10600. The minimum absolute atomic E-state index is 0.00971. The van der Waals surface area contributed by atoms with Gasteiger partial charge in [0, 0.05) is 207 Å². The molecule has 0 aliphatic heterocycles. The molecule has 24 rings (SSSR count). The van der Waals surface area contributed by atoms with Crippen LogP contribution in [0.2, 0.25) is 0 Å². The van der Waals surface area contributed by atoms with Gasteiger partial charge < -0.3 is 17.7 Å². The number of aromatic nitrogens is 7. The molecule has 0 saturated carbocycles. The third-order valence-corrected chi connectivity index (χ3v) is 26.7. The van der Waals surface area contributed by atoms with Crippen molar-refractivity contribution in [1.29, 1.82) is 0 Å². The molecule has 0 spiro atoms. The highest BCUT2D eigenvalue weighted by Crippen LogP contribution is 2.61. The third kappa shape index (κ3) is 13.5. The van der Waals surface area contributed by atoms with Crippen molar-refractivity contribution >= 4 is 88.1 Å². The van der Waals surface area contributed by atoms with Crippen LogP contribution in [-0.4, -0.2) is 15.0 Å². The minimum Gasteiger partial charge on any atom is -0.454 e. The first-order chi connectivity index (χ1) is 85.9. The zero-order chi connectivity index (χ0) is 139. The molecule has 11 heteroatoms. The Hall–Kier alpha value is -13.8. The lowest BCUT2D eigenvalue weighted by atomic mass is 9.64. The standard InChI is InChI=1S/C34H37N2O.C32H33N2O.C30H28NO.C28H25N2O/c1-20(2)17-34(18-21(3)4)28-11-9-8-10-24(28)26-16-27-25-14-13-23(6)30(29-15-12-22(5)19-36(29)7)31(25)37-33(27)35-32(26)34;1-18(2)32(19(3)4)26-11-9-8-10-22(26)24-16-25-23-14-13-21(6)28(27-15-12-20(5)17-34(27)7)29(23)35-31(25)33-30(24)32;1-17-11-12-20-21-13-14-24-27(22-9-7-8-10-23(22)30(24,4)5)29(21)32-28(20)26(17)25-15-18(2)19(3)16-31(25)6;1-16-10-13-22(30(5)15-16)23-17(2)11-12-19-24-25-20(14-29-27(24)31-26(19)23)18-8-6-7-9-21(18)28(25,3)4/h8-16,19-21H,17-18H2,1-7H3;8-19H,1-7H3;7-16H,1-6H3;6-15H,1-5H3/q4*+1/i1D3,3D3,5D3,17D2,18D2,20D,21D;1D3,2D3,3D3,4D3,5D3,18D,19D;2D3,3D3,4D3,5D3;1D3,3D3,4D3. The predicted molar refractivity (Wildman–Crippen MR) is 553 cm³/mol. The van der Waals surface area contributed by atoms with Gasteiger partial charge in [0.2, 0.25) is 39.9 Å². The minimum atomic E-state index is -3.98. The molecular formula is C124H123N7O4+4. The number of fused-ring (bicyclic) bond motifs is 26. The molecule has 20 aromatic rings. The molecule has 9 aromatic carbocycles. The van der Waals surface area contributed by atoms with Gasteiger partial charge in [0.05, 0.1) is 39.0 Å². The molecular weight excluding hydrogens is 1650 g/mol. The van der Waals surface area contributed by atoms with Gasteiger partial charge in [-0.25, -0.2) is 33.2 Å². The molecule has 135 heavy (non-hydrogen) atoms. The summed E-state index contributed by atoms with van der Waals surface area (Å²) in [5.74, 6) is -14.1. The highest BCUT2D eigenvalue weighted by atomic mass is 16.4. The molecule has 2 unspecified atom stereocenters. The molecule has 0 amide bonds. The topological polar surface area (TPSA) is 107 Å². The highest BCUT2D eigenvalue weighted by molar-refractivity contribution is 6.17. The maximum atomic E-state index is 9.61. The number of aryl methyl sites for hydroxylation is 13. The maximum absolute atomic E-state index is 9.61. The van der Waals surface area contributed by atoms with Gasteiger partial charge >= 0.3 is 0 Å². The van der Waals surface area contributed by atoms with E-state index in [0.717, 1.165) is 36.6 Å². The lowest BCUT2D eigenvalue weighted by Gasteiger charge is -2.39. The first kappa shape index (κ1) is 46.5. The van der Waals surface area contributed by atoms with E-state index in [1.807, 2.05) is 45.0 Å². The monoisotopic (exact) mass is 1830 g/mol. The van der Waals surface area contributed by atoms with Gasteiger partial charge in [0.15, 0.2) is 41.5 Å². The number of hydrogen-bond acceptors (Lipinski definition) is 7. The van der Waals surface area contributed by atoms with E-state index in [9.17, 15) is 8.22 Å². The second-order valence-corrected chi connectivity index (χ2v) is 35.3.